The van der Waals surface area contributed by atoms with Gasteiger partial charge in [-0.05, 0) is 32.2 Å². The van der Waals surface area contributed by atoms with Crippen molar-refractivity contribution in [3.8, 4) is 0 Å². The smallest absolute Gasteiger partial charge is 0.224 e. The third-order valence-electron chi connectivity index (χ3n) is 4.62. The number of hydrogen-bond acceptors (Lipinski definition) is 4. The monoisotopic (exact) mass is 297 g/mol. The molecule has 122 valence electrons. The van der Waals surface area contributed by atoms with Gasteiger partial charge in [-0.3, -0.25) is 9.69 Å². The molecule has 1 N–H and O–H groups in total. The van der Waals surface area contributed by atoms with Gasteiger partial charge in [-0.1, -0.05) is 6.92 Å². The van der Waals surface area contributed by atoms with Crippen molar-refractivity contribution in [1.29, 1.82) is 0 Å². The van der Waals surface area contributed by atoms with Crippen LogP contribution in [0.25, 0.3) is 0 Å². The summed E-state index contributed by atoms with van der Waals surface area (Å²) in [6.07, 6.45) is 2.93. The highest BCUT2D eigenvalue weighted by Crippen LogP contribution is 2.19. The van der Waals surface area contributed by atoms with E-state index in [1.54, 1.807) is 0 Å². The predicted octanol–water partition coefficient (Wildman–Crippen LogP) is 0.945. The average Bonchev–Trinajstić information content (AvgIpc) is 2.49. The van der Waals surface area contributed by atoms with E-state index in [0.717, 1.165) is 64.7 Å². The molecule has 21 heavy (non-hydrogen) atoms. The standard InChI is InChI=1S/C16H31N3O2/c1-3-17-14(2)12-16(20)19-6-4-15(5-7-19)13-18-8-10-21-11-9-18/h14-15,17H,3-13H2,1-2H3. The minimum atomic E-state index is 0.286. The van der Waals surface area contributed by atoms with Crippen molar-refractivity contribution in [2.24, 2.45) is 5.92 Å². The van der Waals surface area contributed by atoms with Crippen LogP contribution in [0.1, 0.15) is 33.1 Å². The molecular formula is C16H31N3O2. The lowest BCUT2D eigenvalue weighted by Crippen LogP contribution is -2.45. The quantitative estimate of drug-likeness (QED) is 0.793. The van der Waals surface area contributed by atoms with E-state index in [2.05, 4.69) is 29.0 Å². The van der Waals surface area contributed by atoms with Gasteiger partial charge < -0.3 is 15.0 Å². The maximum Gasteiger partial charge on any atom is 0.224 e. The first-order valence-corrected chi connectivity index (χ1v) is 8.50. The number of hydrogen-bond donors (Lipinski definition) is 1. The minimum Gasteiger partial charge on any atom is -0.379 e. The zero-order valence-electron chi connectivity index (χ0n) is 13.6. The third kappa shape index (κ3) is 5.57. The third-order valence-corrected chi connectivity index (χ3v) is 4.62. The van der Waals surface area contributed by atoms with Crippen LogP contribution in [0, 0.1) is 5.92 Å². The lowest BCUT2D eigenvalue weighted by Gasteiger charge is -2.36. The van der Waals surface area contributed by atoms with Crippen molar-refractivity contribution in [2.75, 3.05) is 52.5 Å². The molecule has 0 aromatic heterocycles. The molecule has 2 aliphatic heterocycles. The fourth-order valence-corrected chi connectivity index (χ4v) is 3.33. The molecule has 0 aromatic carbocycles. The molecule has 0 aliphatic carbocycles. The topological polar surface area (TPSA) is 44.8 Å². The molecule has 5 heteroatoms. The summed E-state index contributed by atoms with van der Waals surface area (Å²) in [6, 6.07) is 0.286. The van der Waals surface area contributed by atoms with Gasteiger partial charge in [-0.2, -0.15) is 0 Å². The minimum absolute atomic E-state index is 0.286. The molecule has 0 aromatic rings. The molecule has 2 saturated heterocycles. The second-order valence-electron chi connectivity index (χ2n) is 6.40. The van der Waals surface area contributed by atoms with Gasteiger partial charge in [0.2, 0.25) is 5.91 Å². The van der Waals surface area contributed by atoms with Crippen LogP contribution < -0.4 is 5.32 Å². The van der Waals surface area contributed by atoms with Gasteiger partial charge in [0, 0.05) is 45.2 Å². The highest BCUT2D eigenvalue weighted by molar-refractivity contribution is 5.76. The van der Waals surface area contributed by atoms with Gasteiger partial charge in [-0.15, -0.1) is 0 Å². The Morgan fingerprint density at radius 1 is 1.24 bits per heavy atom. The first kappa shape index (κ1) is 16.7. The Labute approximate surface area is 129 Å². The molecule has 2 heterocycles. The van der Waals surface area contributed by atoms with E-state index in [0.29, 0.717) is 12.3 Å². The number of amides is 1. The Morgan fingerprint density at radius 2 is 1.90 bits per heavy atom. The molecule has 0 saturated carbocycles. The second kappa shape index (κ2) is 8.71. The molecule has 2 rings (SSSR count). The number of morpholine rings is 1. The van der Waals surface area contributed by atoms with Crippen LogP contribution in [-0.4, -0.2) is 74.2 Å². The summed E-state index contributed by atoms with van der Waals surface area (Å²) in [5.74, 6) is 1.06. The maximum absolute atomic E-state index is 12.2. The summed E-state index contributed by atoms with van der Waals surface area (Å²) in [7, 11) is 0. The lowest BCUT2D eigenvalue weighted by molar-refractivity contribution is -0.133. The summed E-state index contributed by atoms with van der Waals surface area (Å²) >= 11 is 0. The summed E-state index contributed by atoms with van der Waals surface area (Å²) in [5.41, 5.74) is 0. The maximum atomic E-state index is 12.2. The van der Waals surface area contributed by atoms with Crippen molar-refractivity contribution in [1.82, 2.24) is 15.1 Å². The van der Waals surface area contributed by atoms with Crippen LogP contribution in [0.2, 0.25) is 0 Å². The molecule has 5 nitrogen and oxygen atoms in total. The van der Waals surface area contributed by atoms with E-state index in [9.17, 15) is 4.79 Å². The van der Waals surface area contributed by atoms with Gasteiger partial charge in [0.1, 0.15) is 0 Å². The van der Waals surface area contributed by atoms with Gasteiger partial charge in [0.15, 0.2) is 0 Å². The first-order chi connectivity index (χ1) is 10.2. The number of nitrogens with one attached hydrogen (secondary N) is 1. The van der Waals surface area contributed by atoms with E-state index in [1.807, 2.05) is 0 Å². The number of nitrogens with zero attached hydrogens (tertiary/aromatic N) is 2. The lowest BCUT2D eigenvalue weighted by atomic mass is 9.95. The molecule has 1 amide bonds. The van der Waals surface area contributed by atoms with Gasteiger partial charge >= 0.3 is 0 Å². The number of likely N-dealkylation sites (tertiary alicyclic amines) is 1. The summed E-state index contributed by atoms with van der Waals surface area (Å²) in [4.78, 5) is 16.8. The van der Waals surface area contributed by atoms with Crippen LogP contribution in [0.5, 0.6) is 0 Å². The first-order valence-electron chi connectivity index (χ1n) is 8.50. The van der Waals surface area contributed by atoms with E-state index in [1.165, 1.54) is 6.54 Å². The highest BCUT2D eigenvalue weighted by atomic mass is 16.5. The van der Waals surface area contributed by atoms with E-state index < -0.39 is 0 Å². The number of rotatable bonds is 6. The largest absolute Gasteiger partial charge is 0.379 e. The van der Waals surface area contributed by atoms with Crippen LogP contribution >= 0.6 is 0 Å². The Morgan fingerprint density at radius 3 is 2.52 bits per heavy atom. The van der Waals surface area contributed by atoms with Crippen molar-refractivity contribution in [3.05, 3.63) is 0 Å². The van der Waals surface area contributed by atoms with Crippen LogP contribution in [0.3, 0.4) is 0 Å². The van der Waals surface area contributed by atoms with Crippen molar-refractivity contribution < 1.29 is 9.53 Å². The van der Waals surface area contributed by atoms with E-state index in [-0.39, 0.29) is 6.04 Å². The molecule has 1 atom stereocenters. The number of carbonyl (C=O) groups is 1. The predicted molar refractivity (Wildman–Crippen MR) is 84.3 cm³/mol. The molecule has 0 radical (unpaired) electrons. The van der Waals surface area contributed by atoms with Gasteiger partial charge in [0.05, 0.1) is 13.2 Å². The molecular weight excluding hydrogens is 266 g/mol. The van der Waals surface area contributed by atoms with E-state index >= 15 is 0 Å². The van der Waals surface area contributed by atoms with Gasteiger partial charge in [0.25, 0.3) is 0 Å². The molecule has 0 bridgehead atoms. The second-order valence-corrected chi connectivity index (χ2v) is 6.40. The molecule has 0 spiro atoms. The zero-order chi connectivity index (χ0) is 15.1. The number of carbonyl (C=O) groups excluding carboxylic acids is 1. The molecule has 1 unspecified atom stereocenters. The van der Waals surface area contributed by atoms with Crippen molar-refractivity contribution >= 4 is 5.91 Å². The highest BCUT2D eigenvalue weighted by Gasteiger charge is 2.25. The molecule has 2 fully saturated rings. The summed E-state index contributed by atoms with van der Waals surface area (Å²) in [6.45, 7) is 12.0. The Hall–Kier alpha value is -0.650. The SMILES string of the molecule is CCNC(C)CC(=O)N1CCC(CN2CCOCC2)CC1. The average molecular weight is 297 g/mol. The summed E-state index contributed by atoms with van der Waals surface area (Å²) < 4.78 is 5.39. The number of ether oxygens (including phenoxy) is 1. The fourth-order valence-electron chi connectivity index (χ4n) is 3.33. The van der Waals surface area contributed by atoms with Crippen molar-refractivity contribution in [3.63, 3.8) is 0 Å². The van der Waals surface area contributed by atoms with Crippen molar-refractivity contribution in [2.45, 2.75) is 39.2 Å². The molecule has 2 aliphatic rings. The van der Waals surface area contributed by atoms with E-state index in [4.69, 9.17) is 4.74 Å². The van der Waals surface area contributed by atoms with Crippen LogP contribution in [-0.2, 0) is 9.53 Å². The number of piperidine rings is 1. The fraction of sp³-hybridized carbons (Fsp3) is 0.938. The Bertz CT molecular complexity index is 311. The zero-order valence-corrected chi connectivity index (χ0v) is 13.6. The van der Waals surface area contributed by atoms with Crippen LogP contribution in [0.15, 0.2) is 0 Å². The van der Waals surface area contributed by atoms with Crippen LogP contribution in [0.4, 0.5) is 0 Å². The Kier molecular flexibility index (Phi) is 6.93. The van der Waals surface area contributed by atoms with Gasteiger partial charge in [-0.25, -0.2) is 0 Å². The normalized spacial score (nSPS) is 23.2. The Balaban J connectivity index is 1.66. The summed E-state index contributed by atoms with van der Waals surface area (Å²) in [5, 5.41) is 3.31.